The molecular formula is C26H33IN6O. The summed E-state index contributed by atoms with van der Waals surface area (Å²) in [6.45, 7) is 2.01. The number of nitrogens with one attached hydrogen (secondary N) is 3. The maximum Gasteiger partial charge on any atom is 0.227 e. The predicted molar refractivity (Wildman–Crippen MR) is 147 cm³/mol. The van der Waals surface area contributed by atoms with E-state index in [9.17, 15) is 4.79 Å². The molecular weight excluding hydrogens is 539 g/mol. The van der Waals surface area contributed by atoms with E-state index in [0.29, 0.717) is 13.1 Å². The second-order valence-electron chi connectivity index (χ2n) is 8.42. The molecule has 0 bridgehead atoms. The first-order valence-electron chi connectivity index (χ1n) is 11.6. The molecule has 1 amide bonds. The predicted octanol–water partition coefficient (Wildman–Crippen LogP) is 4.54. The van der Waals surface area contributed by atoms with Gasteiger partial charge in [0.05, 0.1) is 6.54 Å². The second-order valence-corrected chi connectivity index (χ2v) is 8.42. The monoisotopic (exact) mass is 572 g/mol. The van der Waals surface area contributed by atoms with E-state index >= 15 is 0 Å². The van der Waals surface area contributed by atoms with Gasteiger partial charge in [-0.15, -0.1) is 24.0 Å². The summed E-state index contributed by atoms with van der Waals surface area (Å²) in [6, 6.07) is 18.3. The number of aromatic nitrogens is 2. The van der Waals surface area contributed by atoms with Gasteiger partial charge in [0.25, 0.3) is 0 Å². The molecule has 0 radical (unpaired) electrons. The molecule has 0 aliphatic heterocycles. The van der Waals surface area contributed by atoms with Crippen molar-refractivity contribution in [2.24, 2.45) is 10.9 Å². The number of aliphatic imine (C=N–C) groups is 1. The molecule has 2 aromatic carbocycles. The largest absolute Gasteiger partial charge is 0.352 e. The number of benzene rings is 2. The van der Waals surface area contributed by atoms with Gasteiger partial charge >= 0.3 is 0 Å². The maximum atomic E-state index is 12.4. The molecule has 3 N–H and O–H groups in total. The van der Waals surface area contributed by atoms with Crippen LogP contribution < -0.4 is 16.0 Å². The zero-order valence-electron chi connectivity index (χ0n) is 19.5. The van der Waals surface area contributed by atoms with Crippen molar-refractivity contribution in [3.05, 3.63) is 83.7 Å². The molecule has 0 unspecified atom stereocenters. The molecule has 0 saturated heterocycles. The standard InChI is InChI=1S/C26H32N6O.HI/c1-27-26(29-18-22-11-4-5-12-23(22)19-32-15-7-14-30-32)28-17-20-8-6-13-24(16-20)31-25(33)21-9-2-3-10-21;/h4-8,11-16,21H,2-3,9-10,17-19H2,1H3,(H,31,33)(H2,27,28,29);1H. The maximum absolute atomic E-state index is 12.4. The second kappa shape index (κ2) is 13.1. The van der Waals surface area contributed by atoms with Crippen molar-refractivity contribution in [1.82, 2.24) is 20.4 Å². The summed E-state index contributed by atoms with van der Waals surface area (Å²) in [5, 5.41) is 14.1. The topological polar surface area (TPSA) is 83.3 Å². The van der Waals surface area contributed by atoms with Gasteiger partial charge in [0.1, 0.15) is 0 Å². The number of halogens is 1. The van der Waals surface area contributed by atoms with E-state index in [4.69, 9.17) is 0 Å². The summed E-state index contributed by atoms with van der Waals surface area (Å²) < 4.78 is 1.92. The van der Waals surface area contributed by atoms with Gasteiger partial charge in [0.2, 0.25) is 5.91 Å². The highest BCUT2D eigenvalue weighted by atomic mass is 127. The van der Waals surface area contributed by atoms with Crippen molar-refractivity contribution >= 4 is 41.5 Å². The van der Waals surface area contributed by atoms with Crippen molar-refractivity contribution in [1.29, 1.82) is 0 Å². The number of nitrogens with zero attached hydrogens (tertiary/aromatic N) is 3. The summed E-state index contributed by atoms with van der Waals surface area (Å²) in [6.07, 6.45) is 8.07. The fourth-order valence-corrected chi connectivity index (χ4v) is 4.23. The highest BCUT2D eigenvalue weighted by molar-refractivity contribution is 14.0. The third kappa shape index (κ3) is 7.31. The number of rotatable bonds is 8. The van der Waals surface area contributed by atoms with Crippen LogP contribution in [-0.2, 0) is 24.4 Å². The summed E-state index contributed by atoms with van der Waals surface area (Å²) in [5.74, 6) is 1.03. The van der Waals surface area contributed by atoms with Gasteiger partial charge < -0.3 is 16.0 Å². The molecule has 3 aromatic rings. The average Bonchev–Trinajstić information content (AvgIpc) is 3.55. The lowest BCUT2D eigenvalue weighted by molar-refractivity contribution is -0.119. The van der Waals surface area contributed by atoms with Crippen molar-refractivity contribution in [3.8, 4) is 0 Å². The van der Waals surface area contributed by atoms with Crippen LogP contribution in [0.2, 0.25) is 0 Å². The highest BCUT2D eigenvalue weighted by Gasteiger charge is 2.22. The Labute approximate surface area is 218 Å². The number of anilines is 1. The van der Waals surface area contributed by atoms with Crippen molar-refractivity contribution in [2.75, 3.05) is 12.4 Å². The Morgan fingerprint density at radius 3 is 2.53 bits per heavy atom. The molecule has 34 heavy (non-hydrogen) atoms. The van der Waals surface area contributed by atoms with Crippen LogP contribution in [0.3, 0.4) is 0 Å². The normalized spacial score (nSPS) is 13.9. The van der Waals surface area contributed by atoms with E-state index < -0.39 is 0 Å². The fourth-order valence-electron chi connectivity index (χ4n) is 4.23. The first-order chi connectivity index (χ1) is 16.2. The number of guanidine groups is 1. The van der Waals surface area contributed by atoms with Crippen LogP contribution in [0.1, 0.15) is 42.4 Å². The minimum Gasteiger partial charge on any atom is -0.352 e. The first-order valence-corrected chi connectivity index (χ1v) is 11.6. The molecule has 1 fully saturated rings. The van der Waals surface area contributed by atoms with Crippen molar-refractivity contribution in [3.63, 3.8) is 0 Å². The Bertz CT molecular complexity index is 1080. The smallest absolute Gasteiger partial charge is 0.227 e. The Morgan fingerprint density at radius 1 is 1.03 bits per heavy atom. The van der Waals surface area contributed by atoms with Crippen LogP contribution in [-0.4, -0.2) is 28.7 Å². The molecule has 8 heteroatoms. The summed E-state index contributed by atoms with van der Waals surface area (Å²) in [5.41, 5.74) is 4.35. The number of carbonyl (C=O) groups excluding carboxylic acids is 1. The molecule has 4 rings (SSSR count). The van der Waals surface area contributed by atoms with Crippen LogP contribution in [0.4, 0.5) is 5.69 Å². The first kappa shape index (κ1) is 25.7. The fraction of sp³-hybridized carbons (Fsp3) is 0.346. The van der Waals surface area contributed by atoms with E-state index in [1.54, 1.807) is 13.2 Å². The number of hydrogen-bond acceptors (Lipinski definition) is 3. The van der Waals surface area contributed by atoms with Gasteiger partial charge in [0.15, 0.2) is 5.96 Å². The van der Waals surface area contributed by atoms with Crippen LogP contribution in [0.5, 0.6) is 0 Å². The summed E-state index contributed by atoms with van der Waals surface area (Å²) in [4.78, 5) is 16.8. The quantitative estimate of drug-likeness (QED) is 0.210. The molecule has 1 aromatic heterocycles. The Balaban J connectivity index is 0.00000324. The van der Waals surface area contributed by atoms with Gasteiger partial charge in [-0.3, -0.25) is 14.5 Å². The molecule has 180 valence electrons. The minimum atomic E-state index is 0. The van der Waals surface area contributed by atoms with Gasteiger partial charge in [-0.25, -0.2) is 0 Å². The van der Waals surface area contributed by atoms with Gasteiger partial charge in [0, 0.05) is 44.1 Å². The van der Waals surface area contributed by atoms with Gasteiger partial charge in [-0.1, -0.05) is 49.2 Å². The third-order valence-electron chi connectivity index (χ3n) is 6.06. The van der Waals surface area contributed by atoms with E-state index in [1.807, 2.05) is 53.3 Å². The number of amides is 1. The Hall–Kier alpha value is -2.88. The molecule has 1 saturated carbocycles. The average molecular weight is 572 g/mol. The van der Waals surface area contributed by atoms with Crippen molar-refractivity contribution < 1.29 is 4.79 Å². The lowest BCUT2D eigenvalue weighted by Crippen LogP contribution is -2.36. The zero-order chi connectivity index (χ0) is 22.9. The van der Waals surface area contributed by atoms with Crippen LogP contribution in [0.25, 0.3) is 0 Å². The Kier molecular flexibility index (Phi) is 9.93. The third-order valence-corrected chi connectivity index (χ3v) is 6.06. The molecule has 7 nitrogen and oxygen atoms in total. The van der Waals surface area contributed by atoms with Crippen molar-refractivity contribution in [2.45, 2.75) is 45.3 Å². The number of carbonyl (C=O) groups is 1. The molecule has 1 heterocycles. The summed E-state index contributed by atoms with van der Waals surface area (Å²) >= 11 is 0. The molecule has 1 aliphatic rings. The summed E-state index contributed by atoms with van der Waals surface area (Å²) in [7, 11) is 1.77. The van der Waals surface area contributed by atoms with E-state index in [1.165, 1.54) is 11.1 Å². The molecule has 0 spiro atoms. The molecule has 0 atom stereocenters. The Morgan fingerprint density at radius 2 is 1.79 bits per heavy atom. The van der Waals surface area contributed by atoms with Crippen LogP contribution in [0, 0.1) is 5.92 Å². The van der Waals surface area contributed by atoms with E-state index in [0.717, 1.165) is 49.4 Å². The highest BCUT2D eigenvalue weighted by Crippen LogP contribution is 2.26. The lowest BCUT2D eigenvalue weighted by Gasteiger charge is -2.15. The van der Waals surface area contributed by atoms with Gasteiger partial charge in [-0.05, 0) is 47.7 Å². The van der Waals surface area contributed by atoms with E-state index in [-0.39, 0.29) is 35.8 Å². The van der Waals surface area contributed by atoms with Crippen LogP contribution in [0.15, 0.2) is 72.0 Å². The lowest BCUT2D eigenvalue weighted by atomic mass is 10.1. The van der Waals surface area contributed by atoms with Crippen LogP contribution >= 0.6 is 24.0 Å². The number of hydrogen-bond donors (Lipinski definition) is 3. The SMILES string of the molecule is CN=C(NCc1cccc(NC(=O)C2CCCC2)c1)NCc1ccccc1Cn1cccn1.I. The van der Waals surface area contributed by atoms with Gasteiger partial charge in [-0.2, -0.15) is 5.10 Å². The minimum absolute atomic E-state index is 0. The zero-order valence-corrected chi connectivity index (χ0v) is 21.9. The molecule has 1 aliphatic carbocycles. The van der Waals surface area contributed by atoms with E-state index in [2.05, 4.69) is 38.2 Å².